The molecule has 0 aromatic heterocycles. The smallest absolute Gasteiger partial charge is 0.243 e. The van der Waals surface area contributed by atoms with E-state index in [1.807, 2.05) is 0 Å². The van der Waals surface area contributed by atoms with E-state index in [1.54, 1.807) is 13.0 Å². The van der Waals surface area contributed by atoms with E-state index >= 15 is 0 Å². The number of piperazine rings is 1. The van der Waals surface area contributed by atoms with Gasteiger partial charge in [0, 0.05) is 31.7 Å². The first-order valence-electron chi connectivity index (χ1n) is 7.77. The Kier molecular flexibility index (Phi) is 5.79. The Morgan fingerprint density at radius 1 is 1.04 bits per heavy atom. The summed E-state index contributed by atoms with van der Waals surface area (Å²) in [6.45, 7) is 3.68. The molecule has 1 aliphatic heterocycles. The second-order valence-corrected chi connectivity index (χ2v) is 9.73. The molecule has 0 atom stereocenters. The third-order valence-electron chi connectivity index (χ3n) is 3.93. The van der Waals surface area contributed by atoms with Crippen molar-refractivity contribution in [3.8, 4) is 0 Å². The van der Waals surface area contributed by atoms with Crippen LogP contribution in [0.2, 0.25) is 0 Å². The number of benzene rings is 1. The molecule has 1 saturated heterocycles. The van der Waals surface area contributed by atoms with Crippen molar-refractivity contribution < 1.29 is 21.6 Å². The molecule has 0 spiro atoms. The fraction of sp³-hybridized carbons (Fsp3) is 0.533. The quantitative estimate of drug-likeness (QED) is 0.691. The summed E-state index contributed by atoms with van der Waals surface area (Å²) in [7, 11) is -7.06. The molecule has 1 aromatic carbocycles. The maximum Gasteiger partial charge on any atom is 0.243 e. The van der Waals surface area contributed by atoms with E-state index in [9.17, 15) is 21.6 Å². The molecule has 0 saturated carbocycles. The fourth-order valence-corrected chi connectivity index (χ4v) is 5.56. The van der Waals surface area contributed by atoms with E-state index in [0.29, 0.717) is 12.0 Å². The molecule has 0 unspecified atom stereocenters. The van der Waals surface area contributed by atoms with Crippen LogP contribution in [0.4, 0.5) is 0 Å². The number of carbonyl (C=O) groups is 1. The molecule has 0 N–H and O–H groups in total. The second kappa shape index (κ2) is 7.30. The van der Waals surface area contributed by atoms with Gasteiger partial charge in [-0.3, -0.25) is 4.79 Å². The molecule has 7 nitrogen and oxygen atoms in total. The minimum absolute atomic E-state index is 0.0556. The summed E-state index contributed by atoms with van der Waals surface area (Å²) in [5, 5.41) is 0. The van der Waals surface area contributed by atoms with Gasteiger partial charge >= 0.3 is 0 Å². The van der Waals surface area contributed by atoms with Crippen LogP contribution in [0, 0.1) is 0 Å². The van der Waals surface area contributed by atoms with Gasteiger partial charge in [-0.25, -0.2) is 16.8 Å². The molecular weight excluding hydrogens is 352 g/mol. The van der Waals surface area contributed by atoms with Crippen LogP contribution in [0.15, 0.2) is 29.2 Å². The fourth-order valence-electron chi connectivity index (χ4n) is 2.60. The zero-order valence-corrected chi connectivity index (χ0v) is 15.4. The molecule has 0 bridgehead atoms. The van der Waals surface area contributed by atoms with E-state index < -0.39 is 20.0 Å². The SMILES string of the molecule is CCCS(=O)(=O)N1CCN(S(=O)(=O)c2cccc(C(C)=O)c2)CC1. The zero-order valence-electron chi connectivity index (χ0n) is 13.8. The van der Waals surface area contributed by atoms with Crippen LogP contribution in [0.1, 0.15) is 30.6 Å². The lowest BCUT2D eigenvalue weighted by atomic mass is 10.2. The minimum atomic E-state index is -3.74. The number of hydrogen-bond acceptors (Lipinski definition) is 5. The van der Waals surface area contributed by atoms with Gasteiger partial charge < -0.3 is 0 Å². The van der Waals surface area contributed by atoms with Crippen molar-refractivity contribution in [2.45, 2.75) is 25.2 Å². The van der Waals surface area contributed by atoms with Crippen LogP contribution in [0.3, 0.4) is 0 Å². The summed E-state index contributed by atoms with van der Waals surface area (Å²) in [6.07, 6.45) is 0.526. The van der Waals surface area contributed by atoms with Crippen molar-refractivity contribution in [1.82, 2.24) is 8.61 Å². The van der Waals surface area contributed by atoms with Gasteiger partial charge in [0.2, 0.25) is 20.0 Å². The Labute approximate surface area is 143 Å². The van der Waals surface area contributed by atoms with Crippen molar-refractivity contribution in [2.24, 2.45) is 0 Å². The number of rotatable bonds is 6. The van der Waals surface area contributed by atoms with Crippen molar-refractivity contribution in [3.63, 3.8) is 0 Å². The monoisotopic (exact) mass is 374 g/mol. The van der Waals surface area contributed by atoms with Gasteiger partial charge in [-0.2, -0.15) is 8.61 Å². The average molecular weight is 374 g/mol. The summed E-state index contributed by atoms with van der Waals surface area (Å²) in [5.74, 6) is -0.136. The number of sulfonamides is 2. The van der Waals surface area contributed by atoms with Crippen molar-refractivity contribution in [2.75, 3.05) is 31.9 Å². The Bertz CT molecular complexity index is 810. The highest BCUT2D eigenvalue weighted by Gasteiger charge is 2.32. The van der Waals surface area contributed by atoms with E-state index in [0.717, 1.165) is 0 Å². The zero-order chi connectivity index (χ0) is 18.0. The minimum Gasteiger partial charge on any atom is -0.295 e. The summed E-state index contributed by atoms with van der Waals surface area (Å²) in [6, 6.07) is 5.90. The molecule has 0 radical (unpaired) electrons. The number of carbonyl (C=O) groups excluding carboxylic acids is 1. The van der Waals surface area contributed by atoms with Crippen LogP contribution in [-0.4, -0.2) is 63.2 Å². The van der Waals surface area contributed by atoms with Crippen molar-refractivity contribution in [1.29, 1.82) is 0 Å². The standard InChI is InChI=1S/C15H22N2O5S2/c1-3-11-23(19,20)16-7-9-17(10-8-16)24(21,22)15-6-4-5-14(12-15)13(2)18/h4-6,12H,3,7-11H2,1-2H3. The number of ketones is 1. The van der Waals surface area contributed by atoms with Gasteiger partial charge in [-0.15, -0.1) is 0 Å². The van der Waals surface area contributed by atoms with Crippen LogP contribution < -0.4 is 0 Å². The van der Waals surface area contributed by atoms with Gasteiger partial charge in [-0.05, 0) is 25.5 Å². The molecule has 0 aliphatic carbocycles. The molecule has 24 heavy (non-hydrogen) atoms. The Morgan fingerprint density at radius 2 is 1.62 bits per heavy atom. The molecule has 134 valence electrons. The molecular formula is C15H22N2O5S2. The number of hydrogen-bond donors (Lipinski definition) is 0. The first-order valence-corrected chi connectivity index (χ1v) is 10.8. The lowest BCUT2D eigenvalue weighted by molar-refractivity contribution is 0.101. The van der Waals surface area contributed by atoms with Gasteiger partial charge in [-0.1, -0.05) is 19.1 Å². The molecule has 2 rings (SSSR count). The highest BCUT2D eigenvalue weighted by Crippen LogP contribution is 2.20. The molecule has 1 fully saturated rings. The number of nitrogens with zero attached hydrogens (tertiary/aromatic N) is 2. The van der Waals surface area contributed by atoms with Crippen molar-refractivity contribution in [3.05, 3.63) is 29.8 Å². The van der Waals surface area contributed by atoms with Gasteiger partial charge in [0.15, 0.2) is 5.78 Å². The molecule has 1 heterocycles. The predicted octanol–water partition coefficient (Wildman–Crippen LogP) is 0.935. The average Bonchev–Trinajstić information content (AvgIpc) is 2.55. The lowest BCUT2D eigenvalue weighted by Gasteiger charge is -2.33. The Balaban J connectivity index is 2.16. The van der Waals surface area contributed by atoms with E-state index in [1.165, 1.54) is 33.7 Å². The Hall–Kier alpha value is -1.29. The van der Waals surface area contributed by atoms with Crippen LogP contribution in [0.25, 0.3) is 0 Å². The largest absolute Gasteiger partial charge is 0.295 e. The van der Waals surface area contributed by atoms with Crippen LogP contribution in [-0.2, 0) is 20.0 Å². The molecule has 1 aromatic rings. The van der Waals surface area contributed by atoms with Gasteiger partial charge in [0.05, 0.1) is 10.6 Å². The second-order valence-electron chi connectivity index (χ2n) is 5.70. The first-order chi connectivity index (χ1) is 11.2. The highest BCUT2D eigenvalue weighted by molar-refractivity contribution is 7.89. The molecule has 9 heteroatoms. The predicted molar refractivity (Wildman–Crippen MR) is 90.9 cm³/mol. The molecule has 1 aliphatic rings. The van der Waals surface area contributed by atoms with Crippen LogP contribution in [0.5, 0.6) is 0 Å². The Morgan fingerprint density at radius 3 is 2.17 bits per heavy atom. The van der Waals surface area contributed by atoms with E-state index in [2.05, 4.69) is 0 Å². The van der Waals surface area contributed by atoms with Crippen LogP contribution >= 0.6 is 0 Å². The maximum absolute atomic E-state index is 12.7. The summed E-state index contributed by atoms with van der Waals surface area (Å²) >= 11 is 0. The summed E-state index contributed by atoms with van der Waals surface area (Å²) in [5.41, 5.74) is 0.334. The third-order valence-corrected chi connectivity index (χ3v) is 7.90. The number of Topliss-reactive ketones (excluding diaryl/α,β-unsaturated/α-hetero) is 1. The summed E-state index contributed by atoms with van der Waals surface area (Å²) < 4.78 is 52.1. The normalized spacial score (nSPS) is 17.8. The van der Waals surface area contributed by atoms with E-state index in [-0.39, 0.29) is 42.6 Å². The van der Waals surface area contributed by atoms with Crippen molar-refractivity contribution >= 4 is 25.8 Å². The highest BCUT2D eigenvalue weighted by atomic mass is 32.2. The lowest BCUT2D eigenvalue weighted by Crippen LogP contribution is -2.50. The van der Waals surface area contributed by atoms with Gasteiger partial charge in [0.25, 0.3) is 0 Å². The third kappa shape index (κ3) is 4.02. The van der Waals surface area contributed by atoms with E-state index in [4.69, 9.17) is 0 Å². The summed E-state index contributed by atoms with van der Waals surface area (Å²) in [4.78, 5) is 11.5. The molecule has 0 amide bonds. The van der Waals surface area contributed by atoms with Gasteiger partial charge in [0.1, 0.15) is 0 Å². The topological polar surface area (TPSA) is 91.8 Å². The first kappa shape index (κ1) is 19.0. The maximum atomic E-state index is 12.7.